The van der Waals surface area contributed by atoms with Gasteiger partial charge in [-0.3, -0.25) is 9.36 Å². The number of nitrogen functional groups attached to an aromatic ring is 1. The van der Waals surface area contributed by atoms with Gasteiger partial charge in [0.15, 0.2) is 0 Å². The summed E-state index contributed by atoms with van der Waals surface area (Å²) in [7, 11) is 0. The van der Waals surface area contributed by atoms with Gasteiger partial charge in [-0.2, -0.15) is 9.58 Å². The molecule has 18 heavy (non-hydrogen) atoms. The van der Waals surface area contributed by atoms with Crippen molar-refractivity contribution in [2.45, 2.75) is 25.7 Å². The largest absolute Gasteiger partial charge is 0.352 e. The van der Waals surface area contributed by atoms with E-state index >= 15 is 0 Å². The molecule has 2 rings (SSSR count). The van der Waals surface area contributed by atoms with Gasteiger partial charge < -0.3 is 10.6 Å². The topological polar surface area (TPSA) is 109 Å². The second-order valence-corrected chi connectivity index (χ2v) is 4.39. The molecule has 2 N–H and O–H groups in total. The van der Waals surface area contributed by atoms with Crippen LogP contribution in [0.1, 0.15) is 19.6 Å². The maximum absolute atomic E-state index is 11.8. The minimum absolute atomic E-state index is 0.0342. The average Bonchev–Trinajstić information content (AvgIpc) is 2.68. The van der Waals surface area contributed by atoms with Crippen LogP contribution in [-0.4, -0.2) is 21.9 Å². The van der Waals surface area contributed by atoms with Crippen molar-refractivity contribution in [2.24, 2.45) is 11.1 Å². The van der Waals surface area contributed by atoms with Gasteiger partial charge in [0, 0.05) is 18.2 Å². The summed E-state index contributed by atoms with van der Waals surface area (Å²) in [6.07, 6.45) is 1.16. The smallest absolute Gasteiger partial charge is 0.351 e. The number of rotatable bonds is 3. The first kappa shape index (κ1) is 12.5. The van der Waals surface area contributed by atoms with Crippen LogP contribution < -0.4 is 17.1 Å². The standard InChI is InChI=1S/C10H14N4O4/c1-6-4-7(5-12-17)18-9(6)13-3-2-8(15)14(11)10(13)16/h2-3,6-7,9H,4-5,11H2,1H3/t6-,7-,9+/m0/s1. The van der Waals surface area contributed by atoms with Crippen molar-refractivity contribution in [3.63, 3.8) is 0 Å². The van der Waals surface area contributed by atoms with E-state index in [-0.39, 0.29) is 18.6 Å². The fourth-order valence-corrected chi connectivity index (χ4v) is 2.16. The number of nitrogens with zero attached hydrogens (tertiary/aromatic N) is 3. The molecule has 0 aliphatic carbocycles. The third-order valence-corrected chi connectivity index (χ3v) is 3.05. The van der Waals surface area contributed by atoms with Crippen LogP contribution in [0.4, 0.5) is 0 Å². The van der Waals surface area contributed by atoms with Crippen molar-refractivity contribution < 1.29 is 4.74 Å². The third kappa shape index (κ3) is 2.06. The first-order chi connectivity index (χ1) is 8.54. The van der Waals surface area contributed by atoms with Crippen molar-refractivity contribution in [3.8, 4) is 0 Å². The lowest BCUT2D eigenvalue weighted by Gasteiger charge is -2.18. The van der Waals surface area contributed by atoms with E-state index in [1.807, 2.05) is 6.92 Å². The molecular formula is C10H14N4O4. The van der Waals surface area contributed by atoms with Crippen LogP contribution in [0.25, 0.3) is 0 Å². The SMILES string of the molecule is C[C@H]1C[C@@H](CN=O)O[C@H]1n1ccc(=O)n(N)c1=O. The summed E-state index contributed by atoms with van der Waals surface area (Å²) in [5, 5.41) is 2.79. The van der Waals surface area contributed by atoms with Gasteiger partial charge in [-0.05, 0) is 6.42 Å². The fraction of sp³-hybridized carbons (Fsp3) is 0.600. The zero-order valence-corrected chi connectivity index (χ0v) is 9.85. The molecule has 0 aromatic carbocycles. The molecule has 0 bridgehead atoms. The molecule has 1 aromatic rings. The van der Waals surface area contributed by atoms with Gasteiger partial charge in [0.25, 0.3) is 5.56 Å². The molecule has 0 radical (unpaired) electrons. The molecule has 0 saturated carbocycles. The second kappa shape index (κ2) is 4.73. The van der Waals surface area contributed by atoms with Gasteiger partial charge in [0.1, 0.15) is 12.8 Å². The molecule has 8 heteroatoms. The number of hydrogen-bond donors (Lipinski definition) is 1. The molecule has 1 aliphatic rings. The van der Waals surface area contributed by atoms with E-state index < -0.39 is 17.5 Å². The molecule has 1 aromatic heterocycles. The summed E-state index contributed by atoms with van der Waals surface area (Å²) < 4.78 is 7.36. The van der Waals surface area contributed by atoms with Crippen LogP contribution in [0.5, 0.6) is 0 Å². The summed E-state index contributed by atoms with van der Waals surface area (Å²) in [4.78, 5) is 33.2. The number of aromatic nitrogens is 2. The Morgan fingerprint density at radius 3 is 2.94 bits per heavy atom. The predicted molar refractivity (Wildman–Crippen MR) is 63.5 cm³/mol. The lowest BCUT2D eigenvalue weighted by Crippen LogP contribution is -2.45. The quantitative estimate of drug-likeness (QED) is 0.573. The van der Waals surface area contributed by atoms with Gasteiger partial charge in [-0.15, -0.1) is 0 Å². The van der Waals surface area contributed by atoms with Gasteiger partial charge in [0.2, 0.25) is 0 Å². The van der Waals surface area contributed by atoms with Crippen molar-refractivity contribution in [3.05, 3.63) is 38.0 Å². The molecule has 0 amide bonds. The predicted octanol–water partition coefficient (Wildman–Crippen LogP) is -0.586. The fourth-order valence-electron chi connectivity index (χ4n) is 2.16. The van der Waals surface area contributed by atoms with E-state index in [9.17, 15) is 14.5 Å². The summed E-state index contributed by atoms with van der Waals surface area (Å²) in [5.41, 5.74) is -1.22. The monoisotopic (exact) mass is 254 g/mol. The van der Waals surface area contributed by atoms with Crippen LogP contribution in [0, 0.1) is 10.8 Å². The van der Waals surface area contributed by atoms with Gasteiger partial charge in [-0.1, -0.05) is 12.1 Å². The Morgan fingerprint density at radius 2 is 2.28 bits per heavy atom. The molecule has 1 aliphatic heterocycles. The molecule has 3 atom stereocenters. The molecule has 1 fully saturated rings. The summed E-state index contributed by atoms with van der Waals surface area (Å²) >= 11 is 0. The maximum Gasteiger partial charge on any atom is 0.351 e. The Labute approximate surface area is 102 Å². The zero-order chi connectivity index (χ0) is 13.3. The Balaban J connectivity index is 2.33. The van der Waals surface area contributed by atoms with Crippen molar-refractivity contribution in [2.75, 3.05) is 12.4 Å². The van der Waals surface area contributed by atoms with Crippen molar-refractivity contribution in [1.82, 2.24) is 9.24 Å². The Kier molecular flexibility index (Phi) is 3.28. The normalized spacial score (nSPS) is 27.3. The molecule has 1 saturated heterocycles. The highest BCUT2D eigenvalue weighted by molar-refractivity contribution is 4.90. The highest BCUT2D eigenvalue weighted by Gasteiger charge is 2.34. The van der Waals surface area contributed by atoms with Gasteiger partial charge in [0.05, 0.1) is 6.10 Å². The van der Waals surface area contributed by atoms with E-state index in [0.29, 0.717) is 11.1 Å². The van der Waals surface area contributed by atoms with Crippen LogP contribution in [0.15, 0.2) is 27.0 Å². The van der Waals surface area contributed by atoms with Gasteiger partial charge in [-0.25, -0.2) is 4.79 Å². The Hall–Kier alpha value is -1.96. The van der Waals surface area contributed by atoms with Gasteiger partial charge >= 0.3 is 5.69 Å². The summed E-state index contributed by atoms with van der Waals surface area (Å²) in [5.74, 6) is 5.37. The first-order valence-electron chi connectivity index (χ1n) is 5.58. The molecule has 98 valence electrons. The maximum atomic E-state index is 11.8. The van der Waals surface area contributed by atoms with E-state index in [4.69, 9.17) is 10.6 Å². The van der Waals surface area contributed by atoms with Crippen LogP contribution in [0.3, 0.4) is 0 Å². The number of hydrogen-bond acceptors (Lipinski definition) is 6. The first-order valence-corrected chi connectivity index (χ1v) is 5.58. The number of nitroso groups, excluding NO2 is 1. The average molecular weight is 254 g/mol. The lowest BCUT2D eigenvalue weighted by atomic mass is 10.1. The minimum Gasteiger partial charge on any atom is -0.352 e. The van der Waals surface area contributed by atoms with Crippen LogP contribution in [-0.2, 0) is 4.74 Å². The molecule has 0 spiro atoms. The minimum atomic E-state index is -0.640. The van der Waals surface area contributed by atoms with Crippen LogP contribution >= 0.6 is 0 Å². The van der Waals surface area contributed by atoms with Crippen molar-refractivity contribution in [1.29, 1.82) is 0 Å². The van der Waals surface area contributed by atoms with E-state index in [0.717, 1.165) is 0 Å². The number of ether oxygens (including phenoxy) is 1. The Bertz CT molecular complexity index is 564. The van der Waals surface area contributed by atoms with E-state index in [1.165, 1.54) is 16.8 Å². The zero-order valence-electron chi connectivity index (χ0n) is 9.85. The van der Waals surface area contributed by atoms with E-state index in [1.54, 1.807) is 0 Å². The van der Waals surface area contributed by atoms with Crippen molar-refractivity contribution >= 4 is 0 Å². The molecule has 2 heterocycles. The summed E-state index contributed by atoms with van der Waals surface area (Å²) in [6, 6.07) is 1.20. The summed E-state index contributed by atoms with van der Waals surface area (Å²) in [6.45, 7) is 1.95. The Morgan fingerprint density at radius 1 is 1.56 bits per heavy atom. The number of nitrogens with two attached hydrogens (primary N) is 1. The molecular weight excluding hydrogens is 240 g/mol. The lowest BCUT2D eigenvalue weighted by molar-refractivity contribution is -0.00976. The van der Waals surface area contributed by atoms with E-state index in [2.05, 4.69) is 5.18 Å². The molecule has 8 nitrogen and oxygen atoms in total. The molecule has 0 unspecified atom stereocenters. The highest BCUT2D eigenvalue weighted by atomic mass is 16.5. The third-order valence-electron chi connectivity index (χ3n) is 3.05. The van der Waals surface area contributed by atoms with Crippen LogP contribution in [0.2, 0.25) is 0 Å². The second-order valence-electron chi connectivity index (χ2n) is 4.39. The highest BCUT2D eigenvalue weighted by Crippen LogP contribution is 2.32.